The number of nitrogens with zero attached hydrogens (tertiary/aromatic N) is 3. The minimum Gasteiger partial charge on any atom is -0.497 e. The molecule has 0 saturated carbocycles. The van der Waals surface area contributed by atoms with Gasteiger partial charge in [0.1, 0.15) is 18.1 Å². The van der Waals surface area contributed by atoms with E-state index in [-0.39, 0.29) is 12.4 Å². The van der Waals surface area contributed by atoms with Crippen LogP contribution in [0.15, 0.2) is 29.4 Å². The van der Waals surface area contributed by atoms with Crippen molar-refractivity contribution in [3.8, 4) is 11.5 Å². The maximum absolute atomic E-state index is 11.9. The Bertz CT molecular complexity index is 814. The molecular formula is C18H25N5O4S. The number of carbonyl (C=O) groups is 2. The molecule has 28 heavy (non-hydrogen) atoms. The first kappa shape index (κ1) is 21.5. The lowest BCUT2D eigenvalue weighted by Gasteiger charge is -2.20. The number of nitrogens with one attached hydrogen (secondary N) is 2. The van der Waals surface area contributed by atoms with Gasteiger partial charge in [0.05, 0.1) is 12.9 Å². The van der Waals surface area contributed by atoms with Gasteiger partial charge in [0.15, 0.2) is 11.0 Å². The third-order valence-corrected chi connectivity index (χ3v) is 4.45. The third-order valence-electron chi connectivity index (χ3n) is 3.43. The summed E-state index contributed by atoms with van der Waals surface area (Å²) < 4.78 is 12.5. The first-order chi connectivity index (χ1) is 13.2. The Morgan fingerprint density at radius 2 is 1.79 bits per heavy atom. The zero-order valence-electron chi connectivity index (χ0n) is 16.6. The van der Waals surface area contributed by atoms with Crippen molar-refractivity contribution in [1.29, 1.82) is 0 Å². The molecule has 2 rings (SSSR count). The van der Waals surface area contributed by atoms with Gasteiger partial charge in [0.2, 0.25) is 5.91 Å². The minimum absolute atomic E-state index is 0.0445. The maximum Gasteiger partial charge on any atom is 0.321 e. The van der Waals surface area contributed by atoms with E-state index in [1.165, 1.54) is 11.8 Å². The van der Waals surface area contributed by atoms with Crippen LogP contribution in [0, 0.1) is 0 Å². The summed E-state index contributed by atoms with van der Waals surface area (Å²) in [7, 11) is 3.39. The molecule has 0 spiro atoms. The highest BCUT2D eigenvalue weighted by Crippen LogP contribution is 2.19. The number of imide groups is 1. The Morgan fingerprint density at radius 3 is 2.39 bits per heavy atom. The van der Waals surface area contributed by atoms with Gasteiger partial charge < -0.3 is 19.4 Å². The van der Waals surface area contributed by atoms with Gasteiger partial charge >= 0.3 is 6.03 Å². The van der Waals surface area contributed by atoms with Crippen LogP contribution in [0.5, 0.6) is 11.5 Å². The molecule has 152 valence electrons. The molecule has 0 bridgehead atoms. The molecule has 0 aliphatic carbocycles. The lowest BCUT2D eigenvalue weighted by Crippen LogP contribution is -2.48. The van der Waals surface area contributed by atoms with Crippen LogP contribution in [0.2, 0.25) is 0 Å². The number of hydrogen-bond donors (Lipinski definition) is 2. The summed E-state index contributed by atoms with van der Waals surface area (Å²) in [6.07, 6.45) is 0. The van der Waals surface area contributed by atoms with Gasteiger partial charge in [-0.05, 0) is 45.0 Å². The molecule has 2 aromatic rings. The average Bonchev–Trinajstić information content (AvgIpc) is 2.97. The minimum atomic E-state index is -0.523. The summed E-state index contributed by atoms with van der Waals surface area (Å²) in [5, 5.41) is 13.7. The summed E-state index contributed by atoms with van der Waals surface area (Å²) in [5.41, 5.74) is -0.417. The second-order valence-electron chi connectivity index (χ2n) is 6.96. The van der Waals surface area contributed by atoms with Gasteiger partial charge in [-0.15, -0.1) is 10.2 Å². The third kappa shape index (κ3) is 6.76. The highest BCUT2D eigenvalue weighted by Gasteiger charge is 2.17. The summed E-state index contributed by atoms with van der Waals surface area (Å²) in [6.45, 7) is 5.74. The van der Waals surface area contributed by atoms with Crippen LogP contribution in [-0.2, 0) is 18.4 Å². The smallest absolute Gasteiger partial charge is 0.321 e. The van der Waals surface area contributed by atoms with Crippen molar-refractivity contribution in [3.05, 3.63) is 30.1 Å². The SMILES string of the molecule is COc1ccc(OCc2nnc(SCC(=O)NC(=O)NC(C)(C)C)n2C)cc1. The van der Waals surface area contributed by atoms with Crippen molar-refractivity contribution in [2.45, 2.75) is 38.1 Å². The summed E-state index contributed by atoms with van der Waals surface area (Å²) in [4.78, 5) is 23.6. The van der Waals surface area contributed by atoms with Crippen LogP contribution in [0.3, 0.4) is 0 Å². The van der Waals surface area contributed by atoms with Crippen LogP contribution in [-0.4, -0.2) is 45.1 Å². The average molecular weight is 407 g/mol. The van der Waals surface area contributed by atoms with Crippen LogP contribution in [0.1, 0.15) is 26.6 Å². The number of benzene rings is 1. The lowest BCUT2D eigenvalue weighted by atomic mass is 10.1. The Kier molecular flexibility index (Phi) is 7.27. The van der Waals surface area contributed by atoms with Crippen molar-refractivity contribution in [2.24, 2.45) is 7.05 Å². The van der Waals surface area contributed by atoms with E-state index < -0.39 is 17.5 Å². The molecule has 3 amide bonds. The number of urea groups is 1. The first-order valence-corrected chi connectivity index (χ1v) is 9.56. The van der Waals surface area contributed by atoms with E-state index >= 15 is 0 Å². The van der Waals surface area contributed by atoms with Gasteiger partial charge in [-0.3, -0.25) is 10.1 Å². The number of methoxy groups -OCH3 is 1. The molecule has 1 heterocycles. The fraction of sp³-hybridized carbons (Fsp3) is 0.444. The number of rotatable bonds is 7. The molecule has 0 unspecified atom stereocenters. The summed E-state index contributed by atoms with van der Waals surface area (Å²) >= 11 is 1.19. The van der Waals surface area contributed by atoms with Gasteiger partial charge in [0, 0.05) is 12.6 Å². The summed E-state index contributed by atoms with van der Waals surface area (Å²) in [5.74, 6) is 1.68. The number of carbonyl (C=O) groups excluding carboxylic acids is 2. The quantitative estimate of drug-likeness (QED) is 0.677. The number of ether oxygens (including phenoxy) is 2. The molecule has 9 nitrogen and oxygen atoms in total. The predicted octanol–water partition coefficient (Wildman–Crippen LogP) is 2.12. The van der Waals surface area contributed by atoms with Gasteiger partial charge in [-0.2, -0.15) is 0 Å². The van der Waals surface area contributed by atoms with E-state index in [1.807, 2.05) is 32.9 Å². The fourth-order valence-electron chi connectivity index (χ4n) is 2.08. The number of aromatic nitrogens is 3. The lowest BCUT2D eigenvalue weighted by molar-refractivity contribution is -0.117. The molecule has 0 saturated heterocycles. The van der Waals surface area contributed by atoms with Gasteiger partial charge in [-0.1, -0.05) is 11.8 Å². The van der Waals surface area contributed by atoms with Crippen molar-refractivity contribution < 1.29 is 19.1 Å². The molecule has 0 fully saturated rings. The highest BCUT2D eigenvalue weighted by molar-refractivity contribution is 7.99. The van der Waals surface area contributed by atoms with Crippen molar-refractivity contribution in [1.82, 2.24) is 25.4 Å². The Morgan fingerprint density at radius 1 is 1.14 bits per heavy atom. The molecule has 10 heteroatoms. The zero-order valence-corrected chi connectivity index (χ0v) is 17.4. The largest absolute Gasteiger partial charge is 0.497 e. The maximum atomic E-state index is 11.9. The van der Waals surface area contributed by atoms with Crippen LogP contribution < -0.4 is 20.1 Å². The second-order valence-corrected chi connectivity index (χ2v) is 7.91. The Labute approximate surface area is 168 Å². The van der Waals surface area contributed by atoms with Gasteiger partial charge in [-0.25, -0.2) is 4.79 Å². The Hall–Kier alpha value is -2.75. The van der Waals surface area contributed by atoms with Crippen molar-refractivity contribution >= 4 is 23.7 Å². The molecule has 2 N–H and O–H groups in total. The van der Waals surface area contributed by atoms with Crippen LogP contribution in [0.4, 0.5) is 4.79 Å². The van der Waals surface area contributed by atoms with E-state index in [1.54, 1.807) is 30.9 Å². The van der Waals surface area contributed by atoms with Crippen molar-refractivity contribution in [2.75, 3.05) is 12.9 Å². The van der Waals surface area contributed by atoms with E-state index in [0.29, 0.717) is 16.7 Å². The number of hydrogen-bond acceptors (Lipinski definition) is 7. The fourth-order valence-corrected chi connectivity index (χ4v) is 2.81. The van der Waals surface area contributed by atoms with E-state index in [2.05, 4.69) is 20.8 Å². The molecule has 0 aliphatic heterocycles. The number of amides is 3. The molecule has 0 aliphatic rings. The highest BCUT2D eigenvalue weighted by atomic mass is 32.2. The zero-order chi connectivity index (χ0) is 20.7. The molecule has 0 atom stereocenters. The summed E-state index contributed by atoms with van der Waals surface area (Å²) in [6, 6.07) is 6.70. The second kappa shape index (κ2) is 9.45. The van der Waals surface area contributed by atoms with Crippen LogP contribution in [0.25, 0.3) is 0 Å². The number of thioether (sulfide) groups is 1. The standard InChI is InChI=1S/C18H25N5O4S/c1-18(2,3)20-16(25)19-15(24)11-28-17-22-21-14(23(17)4)10-27-13-8-6-12(26-5)7-9-13/h6-9H,10-11H2,1-5H3,(H2,19,20,24,25). The molecule has 0 radical (unpaired) electrons. The van der Waals surface area contributed by atoms with E-state index in [4.69, 9.17) is 9.47 Å². The molecular weight excluding hydrogens is 382 g/mol. The van der Waals surface area contributed by atoms with E-state index in [0.717, 1.165) is 5.75 Å². The topological polar surface area (TPSA) is 107 Å². The predicted molar refractivity (Wildman–Crippen MR) is 105 cm³/mol. The first-order valence-electron chi connectivity index (χ1n) is 8.58. The molecule has 1 aromatic heterocycles. The van der Waals surface area contributed by atoms with Crippen LogP contribution >= 0.6 is 11.8 Å². The van der Waals surface area contributed by atoms with E-state index in [9.17, 15) is 9.59 Å². The Balaban J connectivity index is 1.83. The van der Waals surface area contributed by atoms with Gasteiger partial charge in [0.25, 0.3) is 0 Å². The normalized spacial score (nSPS) is 11.0. The molecule has 1 aromatic carbocycles. The van der Waals surface area contributed by atoms with Crippen molar-refractivity contribution in [3.63, 3.8) is 0 Å². The monoisotopic (exact) mass is 407 g/mol.